The van der Waals surface area contributed by atoms with Crippen molar-refractivity contribution < 1.29 is 12.8 Å². The standard InChI is InChI=1S/C16H23FN2O2S/c1-22(20,21)19-9-7-16(17,8-10-19)12-18-15-11-14(15)13-5-3-2-4-6-13/h2-6,14-15,18H,7-12H2,1H3/t14-,15+/m0/s1. The molecular weight excluding hydrogens is 303 g/mol. The molecule has 0 aromatic heterocycles. The lowest BCUT2D eigenvalue weighted by Gasteiger charge is -2.35. The summed E-state index contributed by atoms with van der Waals surface area (Å²) in [5.74, 6) is 0.487. The molecule has 1 heterocycles. The van der Waals surface area contributed by atoms with Crippen LogP contribution < -0.4 is 5.32 Å². The molecule has 0 radical (unpaired) electrons. The number of hydrogen-bond acceptors (Lipinski definition) is 3. The molecule has 2 aliphatic rings. The van der Waals surface area contributed by atoms with E-state index in [-0.39, 0.29) is 25.9 Å². The topological polar surface area (TPSA) is 49.4 Å². The number of nitrogens with one attached hydrogen (secondary N) is 1. The van der Waals surface area contributed by atoms with Crippen LogP contribution in [0.2, 0.25) is 0 Å². The molecule has 0 bridgehead atoms. The summed E-state index contributed by atoms with van der Waals surface area (Å²) in [5, 5.41) is 3.33. The molecule has 1 saturated heterocycles. The molecule has 22 heavy (non-hydrogen) atoms. The van der Waals surface area contributed by atoms with Gasteiger partial charge in [0.1, 0.15) is 5.67 Å². The van der Waals surface area contributed by atoms with Gasteiger partial charge in [-0.15, -0.1) is 0 Å². The van der Waals surface area contributed by atoms with E-state index in [4.69, 9.17) is 0 Å². The molecule has 1 aliphatic heterocycles. The Morgan fingerprint density at radius 2 is 1.91 bits per heavy atom. The summed E-state index contributed by atoms with van der Waals surface area (Å²) in [4.78, 5) is 0. The van der Waals surface area contributed by atoms with Crippen LogP contribution in [0.5, 0.6) is 0 Å². The van der Waals surface area contributed by atoms with Crippen LogP contribution in [0.15, 0.2) is 30.3 Å². The number of alkyl halides is 1. The van der Waals surface area contributed by atoms with Crippen molar-refractivity contribution in [3.63, 3.8) is 0 Å². The van der Waals surface area contributed by atoms with E-state index < -0.39 is 15.7 Å². The molecule has 3 rings (SSSR count). The second-order valence-corrected chi connectivity index (χ2v) is 8.54. The maximum absolute atomic E-state index is 14.8. The lowest BCUT2D eigenvalue weighted by Crippen LogP contribution is -2.49. The van der Waals surface area contributed by atoms with Crippen LogP contribution >= 0.6 is 0 Å². The number of benzene rings is 1. The second-order valence-electron chi connectivity index (χ2n) is 6.55. The van der Waals surface area contributed by atoms with Gasteiger partial charge in [0.15, 0.2) is 0 Å². The summed E-state index contributed by atoms with van der Waals surface area (Å²) in [7, 11) is -3.19. The first kappa shape index (κ1) is 15.9. The van der Waals surface area contributed by atoms with E-state index in [1.165, 1.54) is 16.1 Å². The Morgan fingerprint density at radius 3 is 2.50 bits per heavy atom. The average Bonchev–Trinajstić information content (AvgIpc) is 3.25. The third-order valence-corrected chi connectivity index (χ3v) is 6.09. The van der Waals surface area contributed by atoms with Crippen LogP contribution in [0.3, 0.4) is 0 Å². The Hall–Kier alpha value is -0.980. The highest BCUT2D eigenvalue weighted by molar-refractivity contribution is 7.88. The van der Waals surface area contributed by atoms with Gasteiger partial charge < -0.3 is 5.32 Å². The molecule has 1 aromatic rings. The highest BCUT2D eigenvalue weighted by atomic mass is 32.2. The monoisotopic (exact) mass is 326 g/mol. The molecule has 1 aromatic carbocycles. The fraction of sp³-hybridized carbons (Fsp3) is 0.625. The first-order valence-electron chi connectivity index (χ1n) is 7.80. The van der Waals surface area contributed by atoms with Gasteiger partial charge in [-0.25, -0.2) is 17.1 Å². The molecule has 1 N–H and O–H groups in total. The normalized spacial score (nSPS) is 28.5. The van der Waals surface area contributed by atoms with Gasteiger partial charge in [0.25, 0.3) is 0 Å². The van der Waals surface area contributed by atoms with Gasteiger partial charge in [0.05, 0.1) is 6.26 Å². The van der Waals surface area contributed by atoms with Gasteiger partial charge in [-0.3, -0.25) is 0 Å². The summed E-state index contributed by atoms with van der Waals surface area (Å²) in [6.07, 6.45) is 2.78. The van der Waals surface area contributed by atoms with E-state index in [1.807, 2.05) is 18.2 Å². The third kappa shape index (κ3) is 3.67. The molecular formula is C16H23FN2O2S. The fourth-order valence-electron chi connectivity index (χ4n) is 3.20. The van der Waals surface area contributed by atoms with Crippen LogP contribution in [0.25, 0.3) is 0 Å². The second kappa shape index (κ2) is 5.91. The van der Waals surface area contributed by atoms with Gasteiger partial charge in [0.2, 0.25) is 10.0 Å². The molecule has 1 saturated carbocycles. The predicted octanol–water partition coefficient (Wildman–Crippen LogP) is 1.90. The maximum atomic E-state index is 14.8. The quantitative estimate of drug-likeness (QED) is 0.899. The van der Waals surface area contributed by atoms with Crippen LogP contribution in [-0.4, -0.2) is 50.3 Å². The molecule has 0 unspecified atom stereocenters. The molecule has 4 nitrogen and oxygen atoms in total. The van der Waals surface area contributed by atoms with Crippen LogP contribution in [-0.2, 0) is 10.0 Å². The Morgan fingerprint density at radius 1 is 1.27 bits per heavy atom. The minimum Gasteiger partial charge on any atom is -0.310 e. The fourth-order valence-corrected chi connectivity index (χ4v) is 4.04. The molecule has 0 spiro atoms. The molecule has 2 fully saturated rings. The molecule has 1 aliphatic carbocycles. The van der Waals surface area contributed by atoms with Crippen molar-refractivity contribution in [1.82, 2.24) is 9.62 Å². The number of rotatable bonds is 5. The predicted molar refractivity (Wildman–Crippen MR) is 85.1 cm³/mol. The molecule has 122 valence electrons. The van der Waals surface area contributed by atoms with Crippen molar-refractivity contribution in [1.29, 1.82) is 0 Å². The number of sulfonamides is 1. The average molecular weight is 326 g/mol. The minimum atomic E-state index is -3.19. The number of piperidine rings is 1. The van der Waals surface area contributed by atoms with Crippen LogP contribution in [0.1, 0.15) is 30.7 Å². The van der Waals surface area contributed by atoms with Crippen LogP contribution in [0, 0.1) is 0 Å². The largest absolute Gasteiger partial charge is 0.310 e. The van der Waals surface area contributed by atoms with E-state index in [0.717, 1.165) is 6.42 Å². The van der Waals surface area contributed by atoms with Gasteiger partial charge in [-0.1, -0.05) is 30.3 Å². The zero-order valence-corrected chi connectivity index (χ0v) is 13.7. The van der Waals surface area contributed by atoms with E-state index in [1.54, 1.807) is 0 Å². The first-order valence-corrected chi connectivity index (χ1v) is 9.65. The van der Waals surface area contributed by atoms with Crippen molar-refractivity contribution in [2.75, 3.05) is 25.9 Å². The first-order chi connectivity index (χ1) is 10.4. The highest BCUT2D eigenvalue weighted by Crippen LogP contribution is 2.41. The molecule has 6 heteroatoms. The molecule has 0 amide bonds. The van der Waals surface area contributed by atoms with Gasteiger partial charge in [-0.2, -0.15) is 0 Å². The summed E-state index contributed by atoms with van der Waals surface area (Å²) in [6.45, 7) is 0.881. The SMILES string of the molecule is CS(=O)(=O)N1CCC(F)(CN[C@@H]2C[C@H]2c2ccccc2)CC1. The summed E-state index contributed by atoms with van der Waals surface area (Å²) in [5.41, 5.74) is 0.0187. The van der Waals surface area contributed by atoms with Gasteiger partial charge in [0, 0.05) is 31.6 Å². The summed E-state index contributed by atoms with van der Waals surface area (Å²) >= 11 is 0. The Kier molecular flexibility index (Phi) is 4.27. The highest BCUT2D eigenvalue weighted by Gasteiger charge is 2.42. The Labute approximate surface area is 131 Å². The van der Waals surface area contributed by atoms with Crippen LogP contribution in [0.4, 0.5) is 4.39 Å². The van der Waals surface area contributed by atoms with Crippen molar-refractivity contribution in [3.05, 3.63) is 35.9 Å². The van der Waals surface area contributed by atoms with Crippen molar-refractivity contribution in [2.45, 2.75) is 36.9 Å². The maximum Gasteiger partial charge on any atom is 0.211 e. The molecule has 2 atom stereocenters. The summed E-state index contributed by atoms with van der Waals surface area (Å²) < 4.78 is 39.1. The minimum absolute atomic E-state index is 0.274. The number of hydrogen-bond donors (Lipinski definition) is 1. The number of halogens is 1. The van der Waals surface area contributed by atoms with Crippen molar-refractivity contribution >= 4 is 10.0 Å². The smallest absolute Gasteiger partial charge is 0.211 e. The summed E-state index contributed by atoms with van der Waals surface area (Å²) in [6, 6.07) is 10.6. The van der Waals surface area contributed by atoms with E-state index >= 15 is 0 Å². The zero-order valence-electron chi connectivity index (χ0n) is 12.8. The zero-order chi connectivity index (χ0) is 15.8. The Bertz CT molecular complexity index is 612. The van der Waals surface area contributed by atoms with Crippen molar-refractivity contribution in [3.8, 4) is 0 Å². The van der Waals surface area contributed by atoms with E-state index in [2.05, 4.69) is 17.4 Å². The van der Waals surface area contributed by atoms with E-state index in [9.17, 15) is 12.8 Å². The third-order valence-electron chi connectivity index (χ3n) is 4.79. The lowest BCUT2D eigenvalue weighted by atomic mass is 9.94. The lowest BCUT2D eigenvalue weighted by molar-refractivity contribution is 0.0873. The van der Waals surface area contributed by atoms with Gasteiger partial charge >= 0.3 is 0 Å². The Balaban J connectivity index is 1.47. The number of nitrogens with zero attached hydrogens (tertiary/aromatic N) is 1. The van der Waals surface area contributed by atoms with Crippen molar-refractivity contribution in [2.24, 2.45) is 0 Å². The van der Waals surface area contributed by atoms with Gasteiger partial charge in [-0.05, 0) is 24.8 Å². The van der Waals surface area contributed by atoms with E-state index in [0.29, 0.717) is 18.5 Å².